The predicted molar refractivity (Wildman–Crippen MR) is 102 cm³/mol. The van der Waals surface area contributed by atoms with Gasteiger partial charge in [-0.1, -0.05) is 23.7 Å². The quantitative estimate of drug-likeness (QED) is 0.413. The van der Waals surface area contributed by atoms with E-state index in [4.69, 9.17) is 16.3 Å². The largest absolute Gasteiger partial charge is 0.496 e. The van der Waals surface area contributed by atoms with Crippen LogP contribution in [0.15, 0.2) is 60.9 Å². The first-order valence-electron chi connectivity index (χ1n) is 8.11. The van der Waals surface area contributed by atoms with Crippen LogP contribution in [0.2, 0.25) is 5.02 Å². The number of hydrogen-bond acceptors (Lipinski definition) is 3. The normalized spacial score (nSPS) is 11.0. The molecule has 0 aliphatic rings. The molecule has 4 aromatic rings. The Morgan fingerprint density at radius 2 is 1.74 bits per heavy atom. The minimum absolute atomic E-state index is 0.134. The third-order valence-corrected chi connectivity index (χ3v) is 4.59. The van der Waals surface area contributed by atoms with Crippen LogP contribution >= 0.6 is 11.6 Å². The van der Waals surface area contributed by atoms with Crippen LogP contribution in [-0.2, 0) is 0 Å². The first-order chi connectivity index (χ1) is 13.1. The van der Waals surface area contributed by atoms with Gasteiger partial charge in [-0.2, -0.15) is 0 Å². The molecule has 2 aromatic carbocycles. The Balaban J connectivity index is 1.94. The number of hydrogen-bond donors (Lipinski definition) is 0. The van der Waals surface area contributed by atoms with Crippen molar-refractivity contribution < 1.29 is 13.5 Å². The fourth-order valence-corrected chi connectivity index (χ4v) is 3.19. The van der Waals surface area contributed by atoms with Gasteiger partial charge in [0, 0.05) is 35.0 Å². The molecule has 0 unspecified atom stereocenters. The molecule has 0 amide bonds. The zero-order valence-electron chi connectivity index (χ0n) is 14.2. The van der Waals surface area contributed by atoms with E-state index in [1.807, 2.05) is 24.3 Å². The average Bonchev–Trinajstić information content (AvgIpc) is 2.70. The molecule has 0 bridgehead atoms. The summed E-state index contributed by atoms with van der Waals surface area (Å²) in [4.78, 5) is 8.64. The molecule has 0 saturated heterocycles. The summed E-state index contributed by atoms with van der Waals surface area (Å²) in [5.74, 6) is -0.850. The fraction of sp³-hybridized carbons (Fsp3) is 0.0476. The summed E-state index contributed by atoms with van der Waals surface area (Å²) in [5, 5.41) is 0.664. The van der Waals surface area contributed by atoms with Gasteiger partial charge in [0.15, 0.2) is 0 Å². The molecule has 27 heavy (non-hydrogen) atoms. The number of halogens is 3. The minimum Gasteiger partial charge on any atom is -0.496 e. The molecule has 0 aliphatic heterocycles. The highest BCUT2D eigenvalue weighted by Gasteiger charge is 2.16. The van der Waals surface area contributed by atoms with E-state index in [0.29, 0.717) is 17.0 Å². The highest BCUT2D eigenvalue weighted by atomic mass is 35.5. The third kappa shape index (κ3) is 3.11. The summed E-state index contributed by atoms with van der Waals surface area (Å²) in [6.07, 6.45) is 3.23. The smallest absolute Gasteiger partial charge is 0.144 e. The zero-order chi connectivity index (χ0) is 19.0. The number of rotatable bonds is 3. The molecule has 4 rings (SSSR count). The summed E-state index contributed by atoms with van der Waals surface area (Å²) >= 11 is 5.86. The van der Waals surface area contributed by atoms with Crippen LogP contribution in [0.3, 0.4) is 0 Å². The van der Waals surface area contributed by atoms with Gasteiger partial charge in [0.2, 0.25) is 0 Å². The van der Waals surface area contributed by atoms with Gasteiger partial charge in [-0.3, -0.25) is 9.97 Å². The van der Waals surface area contributed by atoms with Crippen LogP contribution < -0.4 is 4.74 Å². The molecular weight excluding hydrogens is 370 g/mol. The average molecular weight is 383 g/mol. The van der Waals surface area contributed by atoms with Gasteiger partial charge >= 0.3 is 0 Å². The number of benzene rings is 2. The van der Waals surface area contributed by atoms with Crippen molar-refractivity contribution in [2.24, 2.45) is 0 Å². The van der Waals surface area contributed by atoms with Crippen molar-refractivity contribution in [2.75, 3.05) is 7.11 Å². The first-order valence-corrected chi connectivity index (χ1v) is 8.49. The number of nitrogens with zero attached hydrogens (tertiary/aromatic N) is 2. The second-order valence-electron chi connectivity index (χ2n) is 5.89. The molecule has 0 saturated carbocycles. The Morgan fingerprint density at radius 1 is 0.889 bits per heavy atom. The van der Waals surface area contributed by atoms with E-state index in [-0.39, 0.29) is 10.6 Å². The molecule has 2 heterocycles. The lowest BCUT2D eigenvalue weighted by Crippen LogP contribution is -1.94. The highest BCUT2D eigenvalue weighted by molar-refractivity contribution is 6.31. The van der Waals surface area contributed by atoms with Crippen LogP contribution in [0, 0.1) is 11.6 Å². The van der Waals surface area contributed by atoms with E-state index in [9.17, 15) is 8.78 Å². The number of fused-ring (bicyclic) bond motifs is 1. The van der Waals surface area contributed by atoms with E-state index in [0.717, 1.165) is 22.5 Å². The van der Waals surface area contributed by atoms with Crippen molar-refractivity contribution in [3.05, 3.63) is 77.6 Å². The zero-order valence-corrected chi connectivity index (χ0v) is 15.0. The number of methoxy groups -OCH3 is 1. The number of pyridine rings is 2. The van der Waals surface area contributed by atoms with Crippen LogP contribution in [0.1, 0.15) is 0 Å². The van der Waals surface area contributed by atoms with Crippen molar-refractivity contribution in [3.63, 3.8) is 0 Å². The standard InChI is InChI=1S/C21H13ClF2N2O/c1-27-20-6-8-25-19-5-4-12(9-15(19)20)13-3-2-7-26-21(13)14-10-16(22)18(24)11-17(14)23/h2-11H,1H3. The maximum Gasteiger partial charge on any atom is 0.144 e. The Labute approximate surface area is 159 Å². The van der Waals surface area contributed by atoms with Gasteiger partial charge in [-0.05, 0) is 35.9 Å². The molecule has 0 aliphatic carbocycles. The van der Waals surface area contributed by atoms with Crippen molar-refractivity contribution >= 4 is 22.5 Å². The van der Waals surface area contributed by atoms with E-state index >= 15 is 0 Å². The van der Waals surface area contributed by atoms with Gasteiger partial charge in [0.05, 0.1) is 23.3 Å². The van der Waals surface area contributed by atoms with Gasteiger partial charge < -0.3 is 4.74 Å². The molecule has 134 valence electrons. The topological polar surface area (TPSA) is 35.0 Å². The number of ether oxygens (including phenoxy) is 1. The van der Waals surface area contributed by atoms with Crippen LogP contribution in [0.5, 0.6) is 5.75 Å². The van der Waals surface area contributed by atoms with Gasteiger partial charge in [0.1, 0.15) is 17.4 Å². The Bertz CT molecular complexity index is 1160. The Morgan fingerprint density at radius 3 is 2.56 bits per heavy atom. The van der Waals surface area contributed by atoms with E-state index < -0.39 is 11.6 Å². The third-order valence-electron chi connectivity index (χ3n) is 4.31. The maximum atomic E-state index is 14.4. The summed E-state index contributed by atoms with van der Waals surface area (Å²) in [5.41, 5.74) is 2.78. The lowest BCUT2D eigenvalue weighted by Gasteiger charge is -2.12. The monoisotopic (exact) mass is 382 g/mol. The molecule has 3 nitrogen and oxygen atoms in total. The summed E-state index contributed by atoms with van der Waals surface area (Å²) in [6.45, 7) is 0. The van der Waals surface area contributed by atoms with Crippen molar-refractivity contribution in [1.29, 1.82) is 0 Å². The van der Waals surface area contributed by atoms with E-state index in [2.05, 4.69) is 9.97 Å². The molecule has 2 aromatic heterocycles. The summed E-state index contributed by atoms with van der Waals surface area (Å²) in [7, 11) is 1.59. The highest BCUT2D eigenvalue weighted by Crippen LogP contribution is 2.36. The van der Waals surface area contributed by atoms with Crippen molar-refractivity contribution in [1.82, 2.24) is 9.97 Å². The molecule has 0 atom stereocenters. The summed E-state index contributed by atoms with van der Waals surface area (Å²) in [6, 6.07) is 13.0. The SMILES string of the molecule is COc1ccnc2ccc(-c3cccnc3-c3cc(Cl)c(F)cc3F)cc12. The molecule has 0 spiro atoms. The lowest BCUT2D eigenvalue weighted by molar-refractivity contribution is 0.419. The molecule has 0 N–H and O–H groups in total. The minimum atomic E-state index is -0.808. The molecule has 0 fully saturated rings. The van der Waals surface area contributed by atoms with Crippen molar-refractivity contribution in [3.8, 4) is 28.1 Å². The van der Waals surface area contributed by atoms with E-state index in [1.165, 1.54) is 6.07 Å². The maximum absolute atomic E-state index is 14.4. The molecule has 0 radical (unpaired) electrons. The fourth-order valence-electron chi connectivity index (χ4n) is 3.02. The van der Waals surface area contributed by atoms with Crippen LogP contribution in [0.4, 0.5) is 8.78 Å². The second-order valence-corrected chi connectivity index (χ2v) is 6.30. The number of aromatic nitrogens is 2. The van der Waals surface area contributed by atoms with Crippen LogP contribution in [0.25, 0.3) is 33.3 Å². The van der Waals surface area contributed by atoms with Crippen molar-refractivity contribution in [2.45, 2.75) is 0 Å². The summed E-state index contributed by atoms with van der Waals surface area (Å²) < 4.78 is 33.4. The second kappa shape index (κ2) is 6.93. The Kier molecular flexibility index (Phi) is 4.46. The van der Waals surface area contributed by atoms with Crippen LogP contribution in [-0.4, -0.2) is 17.1 Å². The Hall–Kier alpha value is -3.05. The van der Waals surface area contributed by atoms with E-state index in [1.54, 1.807) is 31.6 Å². The lowest BCUT2D eigenvalue weighted by atomic mass is 9.97. The van der Waals surface area contributed by atoms with Gasteiger partial charge in [0.25, 0.3) is 0 Å². The molecule has 6 heteroatoms. The first kappa shape index (κ1) is 17.4. The van der Waals surface area contributed by atoms with Gasteiger partial charge in [-0.25, -0.2) is 8.78 Å². The molecular formula is C21H13ClF2N2O. The van der Waals surface area contributed by atoms with Gasteiger partial charge in [-0.15, -0.1) is 0 Å². The predicted octanol–water partition coefficient (Wildman–Crippen LogP) is 5.90.